The van der Waals surface area contributed by atoms with E-state index >= 15 is 0 Å². The van der Waals surface area contributed by atoms with Crippen molar-refractivity contribution in [2.24, 2.45) is 11.8 Å². The third kappa shape index (κ3) is 6.28. The average Bonchev–Trinajstić information content (AvgIpc) is 3.31. The summed E-state index contributed by atoms with van der Waals surface area (Å²) in [6.07, 6.45) is 7.91. The lowest BCUT2D eigenvalue weighted by atomic mass is 9.42. The Hall–Kier alpha value is -6.22. The molecule has 4 saturated carbocycles. The van der Waals surface area contributed by atoms with Gasteiger partial charge in [0, 0.05) is 17.1 Å². The van der Waals surface area contributed by atoms with Crippen LogP contribution in [0.2, 0.25) is 0 Å². The predicted molar refractivity (Wildman–Crippen MR) is 255 cm³/mol. The third-order valence-corrected chi connectivity index (χ3v) is 19.4. The molecule has 0 aromatic heterocycles. The quantitative estimate of drug-likeness (QED) is 0.0985. The number of anilines is 3. The van der Waals surface area contributed by atoms with Crippen molar-refractivity contribution < 1.29 is 0 Å². The largest absolute Gasteiger partial charge is 0.310 e. The van der Waals surface area contributed by atoms with Crippen LogP contribution in [0.15, 0.2) is 224 Å². The molecule has 0 N–H and O–H groups in total. The van der Waals surface area contributed by atoms with Gasteiger partial charge in [-0.1, -0.05) is 188 Å². The molecule has 8 aromatic rings. The SMILES string of the molecule is c1ccc(-c2cccc(N(c3ccccc3)c3ccc(C45CC6CC(C4)CC(c4ccc([Si](c7ccccc7)(c7ccccc7)c7ccccc7)cc4)(C6)C5)cc3)c2)cc1. The second-order valence-corrected chi connectivity index (χ2v) is 21.9. The first-order valence-corrected chi connectivity index (χ1v) is 24.0. The molecule has 0 radical (unpaired) electrons. The van der Waals surface area contributed by atoms with Gasteiger partial charge in [0.15, 0.2) is 8.07 Å². The molecular weight excluding hydrogens is 739 g/mol. The van der Waals surface area contributed by atoms with Crippen LogP contribution in [0.5, 0.6) is 0 Å². The van der Waals surface area contributed by atoms with Gasteiger partial charge >= 0.3 is 0 Å². The maximum Gasteiger partial charge on any atom is 0.179 e. The Morgan fingerprint density at radius 2 is 0.733 bits per heavy atom. The van der Waals surface area contributed by atoms with Crippen LogP contribution in [0.4, 0.5) is 17.1 Å². The monoisotopic (exact) mass is 789 g/mol. The first kappa shape index (κ1) is 36.8. The molecule has 8 aromatic carbocycles. The molecule has 0 heterocycles. The second-order valence-electron chi connectivity index (χ2n) is 18.1. The fourth-order valence-electron chi connectivity index (χ4n) is 12.5. The maximum atomic E-state index is 2.57. The molecule has 2 unspecified atom stereocenters. The lowest BCUT2D eigenvalue weighted by Crippen LogP contribution is -2.74. The molecule has 2 atom stereocenters. The summed E-state index contributed by atoms with van der Waals surface area (Å²) in [4.78, 5) is 2.42. The number of rotatable bonds is 10. The Labute approximate surface area is 357 Å². The van der Waals surface area contributed by atoms with Crippen LogP contribution in [0.3, 0.4) is 0 Å². The van der Waals surface area contributed by atoms with Crippen LogP contribution >= 0.6 is 0 Å². The van der Waals surface area contributed by atoms with Crippen molar-refractivity contribution >= 4 is 45.9 Å². The lowest BCUT2D eigenvalue weighted by molar-refractivity contribution is -0.0281. The van der Waals surface area contributed by atoms with Gasteiger partial charge in [-0.25, -0.2) is 0 Å². The molecule has 0 aliphatic heterocycles. The van der Waals surface area contributed by atoms with Crippen LogP contribution in [-0.4, -0.2) is 8.07 Å². The normalized spacial score (nSPS) is 21.7. The van der Waals surface area contributed by atoms with E-state index < -0.39 is 8.07 Å². The molecule has 0 amide bonds. The molecule has 4 aliphatic carbocycles. The Kier molecular flexibility index (Phi) is 9.27. The standard InChI is InChI=1S/C58H51NSi/c1-6-17-46(18-7-1)47-19-16-22-52(38-47)59(50-20-8-2-9-21-50)51-33-29-48(30-34-51)57-39-44-37-45(40-57)42-58(41-44,43-57)49-31-35-56(36-32-49)60(53-23-10-3-11-24-53,54-25-12-4-13-26-54)55-27-14-5-15-28-55/h1-36,38,44-45H,37,39-43H2. The second kappa shape index (κ2) is 15.1. The Balaban J connectivity index is 0.952. The van der Waals surface area contributed by atoms with Crippen molar-refractivity contribution in [2.75, 3.05) is 4.90 Å². The minimum atomic E-state index is -2.57. The van der Waals surface area contributed by atoms with Gasteiger partial charge in [0.25, 0.3) is 0 Å². The van der Waals surface area contributed by atoms with E-state index in [1.165, 1.54) is 93.0 Å². The molecule has 12 rings (SSSR count). The lowest BCUT2D eigenvalue weighted by Gasteiger charge is -2.63. The number of hydrogen-bond donors (Lipinski definition) is 0. The van der Waals surface area contributed by atoms with E-state index in [9.17, 15) is 0 Å². The van der Waals surface area contributed by atoms with Gasteiger partial charge in [0.05, 0.1) is 0 Å². The van der Waals surface area contributed by atoms with Crippen molar-refractivity contribution in [3.8, 4) is 11.1 Å². The zero-order valence-electron chi connectivity index (χ0n) is 34.2. The highest BCUT2D eigenvalue weighted by Crippen LogP contribution is 2.66. The van der Waals surface area contributed by atoms with Crippen LogP contribution < -0.4 is 25.6 Å². The average molecular weight is 790 g/mol. The van der Waals surface area contributed by atoms with E-state index in [-0.39, 0.29) is 10.8 Å². The highest BCUT2D eigenvalue weighted by atomic mass is 28.3. The zero-order valence-corrected chi connectivity index (χ0v) is 35.2. The summed E-state index contributed by atoms with van der Waals surface area (Å²) in [5.41, 5.74) is 9.53. The molecule has 0 saturated heterocycles. The number of nitrogens with zero attached hydrogens (tertiary/aromatic N) is 1. The predicted octanol–water partition coefficient (Wildman–Crippen LogP) is 12.0. The molecule has 4 aliphatic rings. The van der Waals surface area contributed by atoms with E-state index in [0.717, 1.165) is 11.8 Å². The van der Waals surface area contributed by atoms with E-state index in [2.05, 4.69) is 229 Å². The summed E-state index contributed by atoms with van der Waals surface area (Å²) < 4.78 is 0. The van der Waals surface area contributed by atoms with Gasteiger partial charge in [-0.05, 0) is 141 Å². The van der Waals surface area contributed by atoms with E-state index in [0.29, 0.717) is 0 Å². The Morgan fingerprint density at radius 3 is 1.23 bits per heavy atom. The molecule has 1 nitrogen and oxygen atoms in total. The van der Waals surface area contributed by atoms with E-state index in [4.69, 9.17) is 0 Å². The van der Waals surface area contributed by atoms with Gasteiger partial charge in [0.1, 0.15) is 0 Å². The molecule has 0 spiro atoms. The molecule has 292 valence electrons. The molecule has 4 bridgehead atoms. The Bertz CT molecular complexity index is 2580. The van der Waals surface area contributed by atoms with Crippen LogP contribution in [-0.2, 0) is 10.8 Å². The summed E-state index contributed by atoms with van der Waals surface area (Å²) in [7, 11) is -2.57. The van der Waals surface area contributed by atoms with E-state index in [1.54, 1.807) is 5.56 Å². The summed E-state index contributed by atoms with van der Waals surface area (Å²) in [6.45, 7) is 0. The summed E-state index contributed by atoms with van der Waals surface area (Å²) in [5.74, 6) is 1.55. The topological polar surface area (TPSA) is 3.24 Å². The first-order valence-electron chi connectivity index (χ1n) is 22.0. The third-order valence-electron chi connectivity index (χ3n) is 14.6. The number of benzene rings is 8. The summed E-state index contributed by atoms with van der Waals surface area (Å²) in [6, 6.07) is 84.6. The molecule has 2 heteroatoms. The summed E-state index contributed by atoms with van der Waals surface area (Å²) >= 11 is 0. The van der Waals surface area contributed by atoms with Gasteiger partial charge in [-0.15, -0.1) is 0 Å². The van der Waals surface area contributed by atoms with Crippen molar-refractivity contribution in [3.63, 3.8) is 0 Å². The van der Waals surface area contributed by atoms with Crippen molar-refractivity contribution in [3.05, 3.63) is 236 Å². The van der Waals surface area contributed by atoms with Crippen molar-refractivity contribution in [1.29, 1.82) is 0 Å². The van der Waals surface area contributed by atoms with Gasteiger partial charge < -0.3 is 4.90 Å². The molecular formula is C58H51NSi. The highest BCUT2D eigenvalue weighted by Gasteiger charge is 2.58. The number of para-hydroxylation sites is 1. The fourth-order valence-corrected chi connectivity index (χ4v) is 17.3. The van der Waals surface area contributed by atoms with Crippen LogP contribution in [0, 0.1) is 11.8 Å². The van der Waals surface area contributed by atoms with E-state index in [1.807, 2.05) is 0 Å². The fraction of sp³-hybridized carbons (Fsp3) is 0.172. The van der Waals surface area contributed by atoms with Crippen LogP contribution in [0.1, 0.15) is 49.7 Å². The first-order chi connectivity index (χ1) is 29.6. The highest BCUT2D eigenvalue weighted by molar-refractivity contribution is 7.19. The molecule has 4 fully saturated rings. The smallest absolute Gasteiger partial charge is 0.179 e. The maximum absolute atomic E-state index is 2.57. The summed E-state index contributed by atoms with van der Waals surface area (Å²) in [5, 5.41) is 5.76. The van der Waals surface area contributed by atoms with Crippen LogP contribution in [0.25, 0.3) is 11.1 Å². The van der Waals surface area contributed by atoms with Gasteiger partial charge in [-0.3, -0.25) is 0 Å². The van der Waals surface area contributed by atoms with Crippen molar-refractivity contribution in [2.45, 2.75) is 49.4 Å². The minimum Gasteiger partial charge on any atom is -0.310 e. The van der Waals surface area contributed by atoms with Crippen molar-refractivity contribution in [1.82, 2.24) is 0 Å². The minimum absolute atomic E-state index is 0.211. The van der Waals surface area contributed by atoms with Gasteiger partial charge in [-0.2, -0.15) is 0 Å². The zero-order chi connectivity index (χ0) is 40.0. The van der Waals surface area contributed by atoms with Gasteiger partial charge in [0.2, 0.25) is 0 Å². The molecule has 60 heavy (non-hydrogen) atoms. The Morgan fingerprint density at radius 1 is 0.350 bits per heavy atom. The number of hydrogen-bond acceptors (Lipinski definition) is 1.